The predicted octanol–water partition coefficient (Wildman–Crippen LogP) is 3.72. The van der Waals surface area contributed by atoms with Gasteiger partial charge >= 0.3 is 0 Å². The van der Waals surface area contributed by atoms with E-state index in [2.05, 4.69) is 15.6 Å². The molecule has 0 atom stereocenters. The number of aromatic nitrogens is 1. The van der Waals surface area contributed by atoms with E-state index in [1.54, 1.807) is 18.5 Å². The van der Waals surface area contributed by atoms with Crippen molar-refractivity contribution in [3.63, 3.8) is 0 Å². The van der Waals surface area contributed by atoms with Crippen molar-refractivity contribution in [2.75, 3.05) is 5.32 Å². The number of amides is 2. The molecular formula is C21H18N4O4S. The number of carbonyl (C=O) groups excluding carboxylic acids is 2. The van der Waals surface area contributed by atoms with E-state index in [9.17, 15) is 19.7 Å². The summed E-state index contributed by atoms with van der Waals surface area (Å²) in [6, 6.07) is 9.05. The molecule has 1 aliphatic carbocycles. The first-order valence-corrected chi connectivity index (χ1v) is 10.2. The number of nitrogens with zero attached hydrogens (tertiary/aromatic N) is 2. The maximum Gasteiger partial charge on any atom is 0.269 e. The zero-order valence-corrected chi connectivity index (χ0v) is 16.7. The molecule has 30 heavy (non-hydrogen) atoms. The van der Waals surface area contributed by atoms with Crippen LogP contribution in [-0.2, 0) is 19.4 Å². The van der Waals surface area contributed by atoms with E-state index in [1.807, 2.05) is 6.07 Å². The summed E-state index contributed by atoms with van der Waals surface area (Å²) in [7, 11) is 0. The second-order valence-electron chi connectivity index (χ2n) is 6.86. The zero-order chi connectivity index (χ0) is 21.1. The number of hydrogen-bond acceptors (Lipinski definition) is 6. The van der Waals surface area contributed by atoms with E-state index in [4.69, 9.17) is 0 Å². The number of non-ortho nitro benzene ring substituents is 1. The maximum atomic E-state index is 12.9. The normalized spacial score (nSPS) is 12.3. The molecule has 1 aromatic carbocycles. The third-order valence-electron chi connectivity index (χ3n) is 4.89. The van der Waals surface area contributed by atoms with Crippen LogP contribution in [0.3, 0.4) is 0 Å². The number of nitro benzene ring substituents is 1. The SMILES string of the molecule is O=C(Nc1sc2c(c1C(=O)NCc1cccnc1)CCC2)c1ccc([N+](=O)[O-])cc1. The summed E-state index contributed by atoms with van der Waals surface area (Å²) in [6.45, 7) is 0.340. The smallest absolute Gasteiger partial charge is 0.269 e. The van der Waals surface area contributed by atoms with Crippen LogP contribution in [0, 0.1) is 10.1 Å². The predicted molar refractivity (Wildman–Crippen MR) is 113 cm³/mol. The largest absolute Gasteiger partial charge is 0.348 e. The van der Waals surface area contributed by atoms with Crippen LogP contribution in [0.15, 0.2) is 48.8 Å². The summed E-state index contributed by atoms with van der Waals surface area (Å²) in [5, 5.41) is 17.0. The molecule has 0 fully saturated rings. The lowest BCUT2D eigenvalue weighted by Crippen LogP contribution is -2.25. The van der Waals surface area contributed by atoms with Gasteiger partial charge in [-0.2, -0.15) is 0 Å². The molecular weight excluding hydrogens is 404 g/mol. The third kappa shape index (κ3) is 4.06. The highest BCUT2D eigenvalue weighted by Gasteiger charge is 2.27. The van der Waals surface area contributed by atoms with Gasteiger partial charge in [0.2, 0.25) is 0 Å². The van der Waals surface area contributed by atoms with E-state index < -0.39 is 10.8 Å². The van der Waals surface area contributed by atoms with Crippen LogP contribution in [0.5, 0.6) is 0 Å². The number of rotatable bonds is 6. The van der Waals surface area contributed by atoms with Crippen molar-refractivity contribution in [1.29, 1.82) is 0 Å². The Morgan fingerprint density at radius 2 is 1.93 bits per heavy atom. The first-order valence-electron chi connectivity index (χ1n) is 9.40. The topological polar surface area (TPSA) is 114 Å². The molecule has 0 bridgehead atoms. The monoisotopic (exact) mass is 422 g/mol. The molecule has 2 amide bonds. The Bertz CT molecular complexity index is 1110. The molecule has 9 heteroatoms. The highest BCUT2D eigenvalue weighted by atomic mass is 32.1. The van der Waals surface area contributed by atoms with Gasteiger partial charge in [-0.25, -0.2) is 0 Å². The van der Waals surface area contributed by atoms with Gasteiger partial charge in [0.05, 0.1) is 10.5 Å². The van der Waals surface area contributed by atoms with Crippen molar-refractivity contribution in [1.82, 2.24) is 10.3 Å². The lowest BCUT2D eigenvalue weighted by molar-refractivity contribution is -0.384. The summed E-state index contributed by atoms with van der Waals surface area (Å²) < 4.78 is 0. The highest BCUT2D eigenvalue weighted by molar-refractivity contribution is 7.17. The van der Waals surface area contributed by atoms with Crippen molar-refractivity contribution in [2.45, 2.75) is 25.8 Å². The fourth-order valence-corrected chi connectivity index (χ4v) is 4.70. The van der Waals surface area contributed by atoms with Gasteiger partial charge < -0.3 is 10.6 Å². The summed E-state index contributed by atoms with van der Waals surface area (Å²) in [5.41, 5.74) is 2.58. The number of hydrogen-bond donors (Lipinski definition) is 2. The van der Waals surface area contributed by atoms with Crippen molar-refractivity contribution in [3.05, 3.63) is 86.0 Å². The third-order valence-corrected chi connectivity index (χ3v) is 6.10. The fraction of sp³-hybridized carbons (Fsp3) is 0.190. The molecule has 0 saturated heterocycles. The molecule has 2 N–H and O–H groups in total. The summed E-state index contributed by atoms with van der Waals surface area (Å²) >= 11 is 1.42. The molecule has 0 saturated carbocycles. The van der Waals surface area contributed by atoms with Crippen LogP contribution in [-0.4, -0.2) is 21.7 Å². The zero-order valence-electron chi connectivity index (χ0n) is 15.9. The summed E-state index contributed by atoms with van der Waals surface area (Å²) in [4.78, 5) is 41.0. The van der Waals surface area contributed by atoms with E-state index in [0.29, 0.717) is 17.1 Å². The van der Waals surface area contributed by atoms with Gasteiger partial charge in [0.1, 0.15) is 5.00 Å². The number of benzene rings is 1. The number of carbonyl (C=O) groups is 2. The molecule has 2 heterocycles. The van der Waals surface area contributed by atoms with Gasteiger partial charge in [-0.05, 0) is 48.6 Å². The molecule has 0 aliphatic heterocycles. The average Bonchev–Trinajstić information content (AvgIpc) is 3.33. The van der Waals surface area contributed by atoms with Gasteiger partial charge in [0, 0.05) is 41.5 Å². The first kappa shape index (κ1) is 19.7. The van der Waals surface area contributed by atoms with Crippen molar-refractivity contribution in [3.8, 4) is 0 Å². The lowest BCUT2D eigenvalue weighted by atomic mass is 10.1. The van der Waals surface area contributed by atoms with E-state index >= 15 is 0 Å². The molecule has 2 aromatic heterocycles. The van der Waals surface area contributed by atoms with Gasteiger partial charge in [-0.3, -0.25) is 24.7 Å². The summed E-state index contributed by atoms with van der Waals surface area (Å²) in [5.74, 6) is -0.650. The van der Waals surface area contributed by atoms with Crippen LogP contribution in [0.2, 0.25) is 0 Å². The molecule has 0 spiro atoms. The maximum absolute atomic E-state index is 12.9. The molecule has 3 aromatic rings. The van der Waals surface area contributed by atoms with Crippen LogP contribution >= 0.6 is 11.3 Å². The Kier molecular flexibility index (Phi) is 5.53. The number of thiophene rings is 1. The molecule has 8 nitrogen and oxygen atoms in total. The molecule has 0 radical (unpaired) electrons. The second-order valence-corrected chi connectivity index (χ2v) is 7.97. The Hall–Kier alpha value is -3.59. The number of aryl methyl sites for hydroxylation is 1. The summed E-state index contributed by atoms with van der Waals surface area (Å²) in [6.07, 6.45) is 6.03. The molecule has 0 unspecified atom stereocenters. The van der Waals surface area contributed by atoms with E-state index in [-0.39, 0.29) is 17.2 Å². The minimum absolute atomic E-state index is 0.0860. The molecule has 1 aliphatic rings. The molecule has 4 rings (SSSR count). The van der Waals surface area contributed by atoms with E-state index in [1.165, 1.54) is 35.6 Å². The number of nitrogens with one attached hydrogen (secondary N) is 2. The minimum Gasteiger partial charge on any atom is -0.348 e. The van der Waals surface area contributed by atoms with Gasteiger partial charge in [-0.15, -0.1) is 11.3 Å². The van der Waals surface area contributed by atoms with Crippen LogP contribution in [0.4, 0.5) is 10.7 Å². The number of anilines is 1. The van der Waals surface area contributed by atoms with Crippen LogP contribution in [0.25, 0.3) is 0 Å². The number of nitro groups is 1. The standard InChI is InChI=1S/C21H18N4O4S/c26-19(14-6-8-15(9-7-14)25(28)29)24-21-18(16-4-1-5-17(16)30-21)20(27)23-12-13-3-2-10-22-11-13/h2-3,6-11H,1,4-5,12H2,(H,23,27)(H,24,26). The van der Waals surface area contributed by atoms with Gasteiger partial charge in [0.25, 0.3) is 17.5 Å². The Morgan fingerprint density at radius 1 is 1.13 bits per heavy atom. The van der Waals surface area contributed by atoms with Gasteiger partial charge in [-0.1, -0.05) is 6.07 Å². The Labute approximate surface area is 176 Å². The van der Waals surface area contributed by atoms with E-state index in [0.717, 1.165) is 35.3 Å². The highest BCUT2D eigenvalue weighted by Crippen LogP contribution is 2.39. The Balaban J connectivity index is 1.54. The minimum atomic E-state index is -0.518. The number of fused-ring (bicyclic) bond motifs is 1. The van der Waals surface area contributed by atoms with Gasteiger partial charge in [0.15, 0.2) is 0 Å². The Morgan fingerprint density at radius 3 is 2.63 bits per heavy atom. The number of pyridine rings is 1. The lowest BCUT2D eigenvalue weighted by Gasteiger charge is -2.10. The average molecular weight is 422 g/mol. The van der Waals surface area contributed by atoms with Crippen LogP contribution in [0.1, 0.15) is 43.1 Å². The van der Waals surface area contributed by atoms with Crippen molar-refractivity contribution in [2.24, 2.45) is 0 Å². The second kappa shape index (κ2) is 8.42. The molecule has 152 valence electrons. The fourth-order valence-electron chi connectivity index (χ4n) is 3.42. The van der Waals surface area contributed by atoms with Crippen molar-refractivity contribution < 1.29 is 14.5 Å². The van der Waals surface area contributed by atoms with Crippen LogP contribution < -0.4 is 10.6 Å². The van der Waals surface area contributed by atoms with Crippen molar-refractivity contribution >= 4 is 33.8 Å². The first-order chi connectivity index (χ1) is 14.5. The quantitative estimate of drug-likeness (QED) is 0.464.